The van der Waals surface area contributed by atoms with Crippen molar-refractivity contribution in [2.45, 2.75) is 18.9 Å². The van der Waals surface area contributed by atoms with E-state index in [1.807, 2.05) is 17.5 Å². The van der Waals surface area contributed by atoms with Gasteiger partial charge in [0, 0.05) is 12.1 Å². The van der Waals surface area contributed by atoms with E-state index in [2.05, 4.69) is 15.5 Å². The largest absolute Gasteiger partial charge is 0.319 e. The minimum absolute atomic E-state index is 0.0477. The van der Waals surface area contributed by atoms with E-state index in [1.165, 1.54) is 17.5 Å². The van der Waals surface area contributed by atoms with Gasteiger partial charge in [0.1, 0.15) is 0 Å². The van der Waals surface area contributed by atoms with Crippen LogP contribution < -0.4 is 5.32 Å². The van der Waals surface area contributed by atoms with Crippen LogP contribution in [0.4, 0.5) is 17.6 Å². The molecule has 2 rings (SSSR count). The Bertz CT molecular complexity index is 510. The molecule has 0 aliphatic rings. The molecule has 8 heteroatoms. The van der Waals surface area contributed by atoms with Crippen molar-refractivity contribution in [2.24, 2.45) is 0 Å². The molecule has 19 heavy (non-hydrogen) atoms. The van der Waals surface area contributed by atoms with Gasteiger partial charge < -0.3 is 5.32 Å². The molecule has 3 nitrogen and oxygen atoms in total. The Morgan fingerprint density at radius 1 is 1.42 bits per heavy atom. The van der Waals surface area contributed by atoms with Gasteiger partial charge in [-0.05, 0) is 11.4 Å². The first-order valence-electron chi connectivity index (χ1n) is 5.43. The van der Waals surface area contributed by atoms with Crippen LogP contribution in [0.5, 0.6) is 0 Å². The van der Waals surface area contributed by atoms with Crippen LogP contribution in [0, 0.1) is 0 Å². The maximum Gasteiger partial charge on any atom is 0.319 e. The summed E-state index contributed by atoms with van der Waals surface area (Å²) in [5.74, 6) is -4.02. The number of H-pyrrole nitrogens is 1. The molecular formula is C11H11F4N3S. The third kappa shape index (κ3) is 3.32. The zero-order valence-corrected chi connectivity index (χ0v) is 10.5. The SMILES string of the molecule is FC(F)C(F)(F)CNCc1cn[nH]c1-c1cccs1. The summed E-state index contributed by atoms with van der Waals surface area (Å²) in [6, 6.07) is 3.71. The number of halogens is 4. The molecule has 0 bridgehead atoms. The summed E-state index contributed by atoms with van der Waals surface area (Å²) >= 11 is 1.47. The number of alkyl halides is 4. The molecule has 0 aromatic carbocycles. The van der Waals surface area contributed by atoms with E-state index in [1.54, 1.807) is 0 Å². The molecule has 0 unspecified atom stereocenters. The Balaban J connectivity index is 1.96. The van der Waals surface area contributed by atoms with Crippen molar-refractivity contribution < 1.29 is 17.6 Å². The summed E-state index contributed by atoms with van der Waals surface area (Å²) in [7, 11) is 0. The van der Waals surface area contributed by atoms with Crippen molar-refractivity contribution in [3.05, 3.63) is 29.3 Å². The highest BCUT2D eigenvalue weighted by Gasteiger charge is 2.40. The second-order valence-electron chi connectivity index (χ2n) is 3.91. The summed E-state index contributed by atoms with van der Waals surface area (Å²) in [6.45, 7) is -1.02. The Kier molecular flexibility index (Phi) is 4.20. The van der Waals surface area contributed by atoms with Crippen LogP contribution in [-0.2, 0) is 6.54 Å². The van der Waals surface area contributed by atoms with Crippen LogP contribution in [0.2, 0.25) is 0 Å². The number of hydrogen-bond acceptors (Lipinski definition) is 3. The third-order valence-electron chi connectivity index (χ3n) is 2.48. The minimum atomic E-state index is -4.02. The second-order valence-corrected chi connectivity index (χ2v) is 4.86. The highest BCUT2D eigenvalue weighted by atomic mass is 32.1. The topological polar surface area (TPSA) is 40.7 Å². The molecule has 0 saturated carbocycles. The van der Waals surface area contributed by atoms with Gasteiger partial charge >= 0.3 is 12.3 Å². The fraction of sp³-hybridized carbons (Fsp3) is 0.364. The lowest BCUT2D eigenvalue weighted by Crippen LogP contribution is -2.38. The Morgan fingerprint density at radius 3 is 2.84 bits per heavy atom. The lowest BCUT2D eigenvalue weighted by Gasteiger charge is -2.15. The first-order valence-corrected chi connectivity index (χ1v) is 6.31. The molecule has 2 aromatic rings. The van der Waals surface area contributed by atoms with Crippen molar-refractivity contribution in [3.63, 3.8) is 0 Å². The maximum atomic E-state index is 12.7. The summed E-state index contributed by atoms with van der Waals surface area (Å²) in [4.78, 5) is 0.912. The number of aromatic amines is 1. The van der Waals surface area contributed by atoms with Crippen molar-refractivity contribution in [1.29, 1.82) is 0 Å². The minimum Gasteiger partial charge on any atom is -0.307 e. The van der Waals surface area contributed by atoms with E-state index in [9.17, 15) is 17.6 Å². The quantitative estimate of drug-likeness (QED) is 0.803. The second kappa shape index (κ2) is 5.70. The van der Waals surface area contributed by atoms with Crippen molar-refractivity contribution >= 4 is 11.3 Å². The van der Waals surface area contributed by atoms with Gasteiger partial charge in [-0.3, -0.25) is 5.10 Å². The van der Waals surface area contributed by atoms with E-state index in [0.29, 0.717) is 11.3 Å². The van der Waals surface area contributed by atoms with Crippen molar-refractivity contribution in [3.8, 4) is 10.6 Å². The summed E-state index contributed by atoms with van der Waals surface area (Å²) in [5, 5.41) is 10.8. The highest BCUT2D eigenvalue weighted by Crippen LogP contribution is 2.26. The normalized spacial score (nSPS) is 12.3. The zero-order valence-electron chi connectivity index (χ0n) is 9.67. The Morgan fingerprint density at radius 2 is 2.21 bits per heavy atom. The summed E-state index contributed by atoms with van der Waals surface area (Å²) < 4.78 is 49.4. The predicted octanol–water partition coefficient (Wildman–Crippen LogP) is 3.13. The van der Waals surface area contributed by atoms with Crippen LogP contribution in [-0.4, -0.2) is 29.1 Å². The van der Waals surface area contributed by atoms with E-state index in [0.717, 1.165) is 4.88 Å². The molecule has 2 aromatic heterocycles. The fourth-order valence-electron chi connectivity index (χ4n) is 1.52. The van der Waals surface area contributed by atoms with Gasteiger partial charge in [0.15, 0.2) is 0 Å². The molecule has 0 fully saturated rings. The van der Waals surface area contributed by atoms with E-state index < -0.39 is 18.9 Å². The number of hydrogen-bond donors (Lipinski definition) is 2. The lowest BCUT2D eigenvalue weighted by atomic mass is 10.2. The van der Waals surface area contributed by atoms with Crippen LogP contribution >= 0.6 is 11.3 Å². The summed E-state index contributed by atoms with van der Waals surface area (Å²) in [6.07, 6.45) is -2.18. The smallest absolute Gasteiger partial charge is 0.307 e. The van der Waals surface area contributed by atoms with Gasteiger partial charge in [-0.15, -0.1) is 11.3 Å². The first-order chi connectivity index (χ1) is 9.00. The molecule has 0 aliphatic heterocycles. The van der Waals surface area contributed by atoms with Crippen molar-refractivity contribution in [2.75, 3.05) is 6.54 Å². The number of nitrogens with one attached hydrogen (secondary N) is 2. The Labute approximate surface area is 110 Å². The maximum absolute atomic E-state index is 12.7. The lowest BCUT2D eigenvalue weighted by molar-refractivity contribution is -0.125. The van der Waals surface area contributed by atoms with Crippen LogP contribution in [0.15, 0.2) is 23.7 Å². The van der Waals surface area contributed by atoms with E-state index >= 15 is 0 Å². The zero-order chi connectivity index (χ0) is 13.9. The monoisotopic (exact) mass is 293 g/mol. The number of thiophene rings is 1. The molecule has 0 amide bonds. The average molecular weight is 293 g/mol. The molecule has 2 N–H and O–H groups in total. The van der Waals surface area contributed by atoms with Gasteiger partial charge in [-0.2, -0.15) is 13.9 Å². The molecule has 0 saturated heterocycles. The fourth-order valence-corrected chi connectivity index (χ4v) is 2.28. The van der Waals surface area contributed by atoms with Gasteiger partial charge in [0.25, 0.3) is 0 Å². The molecule has 0 atom stereocenters. The first kappa shape index (κ1) is 14.0. The standard InChI is InChI=1S/C11H11F4N3S/c12-10(13)11(14,15)6-16-4-7-5-17-18-9(7)8-2-1-3-19-8/h1-3,5,10,16H,4,6H2,(H,17,18). The van der Waals surface area contributed by atoms with Crippen LogP contribution in [0.1, 0.15) is 5.56 Å². The molecule has 2 heterocycles. The number of rotatable bonds is 6. The van der Waals surface area contributed by atoms with Crippen LogP contribution in [0.25, 0.3) is 10.6 Å². The van der Waals surface area contributed by atoms with Gasteiger partial charge in [0.05, 0.1) is 23.3 Å². The van der Waals surface area contributed by atoms with Crippen LogP contribution in [0.3, 0.4) is 0 Å². The third-order valence-corrected chi connectivity index (χ3v) is 3.37. The van der Waals surface area contributed by atoms with E-state index in [-0.39, 0.29) is 6.54 Å². The molecule has 104 valence electrons. The van der Waals surface area contributed by atoms with Gasteiger partial charge in [-0.1, -0.05) is 6.07 Å². The highest BCUT2D eigenvalue weighted by molar-refractivity contribution is 7.13. The molecule has 0 spiro atoms. The summed E-state index contributed by atoms with van der Waals surface area (Å²) in [5.41, 5.74) is 1.37. The molecule has 0 radical (unpaired) electrons. The number of aromatic nitrogens is 2. The molecule has 0 aliphatic carbocycles. The Hall–Kier alpha value is -1.41. The van der Waals surface area contributed by atoms with Gasteiger partial charge in [-0.25, -0.2) is 8.78 Å². The van der Waals surface area contributed by atoms with E-state index in [4.69, 9.17) is 0 Å². The number of nitrogens with zero attached hydrogens (tertiary/aromatic N) is 1. The predicted molar refractivity (Wildman–Crippen MR) is 64.6 cm³/mol. The average Bonchev–Trinajstić information content (AvgIpc) is 2.97. The molecular weight excluding hydrogens is 282 g/mol. The van der Waals surface area contributed by atoms with Crippen molar-refractivity contribution in [1.82, 2.24) is 15.5 Å². The van der Waals surface area contributed by atoms with Gasteiger partial charge in [0.2, 0.25) is 0 Å².